The molecular weight excluding hydrogens is 591 g/mol. The third-order valence-corrected chi connectivity index (χ3v) is 6.97. The Hall–Kier alpha value is -2.67. The van der Waals surface area contributed by atoms with Crippen LogP contribution < -0.4 is 14.8 Å². The largest absolute Gasteiger partial charge is 0.497 e. The molecule has 1 aliphatic carbocycles. The Bertz CT molecular complexity index is 1090. The molecule has 0 bridgehead atoms. The molecule has 3 atom stereocenters. The van der Waals surface area contributed by atoms with Crippen LogP contribution in [0.4, 0.5) is 0 Å². The van der Waals surface area contributed by atoms with Gasteiger partial charge in [0.2, 0.25) is 11.8 Å². The predicted octanol–water partition coefficient (Wildman–Crippen LogP) is 1.93. The zero-order valence-corrected chi connectivity index (χ0v) is 23.1. The van der Waals surface area contributed by atoms with E-state index in [9.17, 15) is 14.7 Å². The molecule has 10 heteroatoms. The highest BCUT2D eigenvalue weighted by Crippen LogP contribution is 2.30. The molecule has 2 amide bonds. The van der Waals surface area contributed by atoms with Crippen LogP contribution in [-0.4, -0.2) is 85.7 Å². The van der Waals surface area contributed by atoms with E-state index < -0.39 is 18.2 Å². The minimum Gasteiger partial charge on any atom is -0.497 e. The highest BCUT2D eigenvalue weighted by Gasteiger charge is 2.40. The van der Waals surface area contributed by atoms with Crippen molar-refractivity contribution in [1.29, 1.82) is 0 Å². The van der Waals surface area contributed by atoms with Gasteiger partial charge in [0.1, 0.15) is 30.3 Å². The van der Waals surface area contributed by atoms with Gasteiger partial charge in [0.15, 0.2) is 0 Å². The highest BCUT2D eigenvalue weighted by atomic mass is 127. The third kappa shape index (κ3) is 7.91. The lowest BCUT2D eigenvalue weighted by Crippen LogP contribution is -2.56. The van der Waals surface area contributed by atoms with Crippen molar-refractivity contribution in [3.05, 3.63) is 69.3 Å². The first kappa shape index (κ1) is 28.9. The number of halogens is 1. The van der Waals surface area contributed by atoms with Gasteiger partial charge in [0.25, 0.3) is 0 Å². The van der Waals surface area contributed by atoms with Crippen LogP contribution in [0.25, 0.3) is 0 Å². The van der Waals surface area contributed by atoms with Gasteiger partial charge in [0.05, 0.1) is 23.3 Å². The molecule has 9 nitrogen and oxygen atoms in total. The molecule has 0 saturated carbocycles. The van der Waals surface area contributed by atoms with Crippen molar-refractivity contribution in [3.8, 4) is 11.5 Å². The number of aliphatic hydroxyl groups excluding tert-OH is 2. The summed E-state index contributed by atoms with van der Waals surface area (Å²) in [5.74, 6) is 0.584. The predicted molar refractivity (Wildman–Crippen MR) is 146 cm³/mol. The second-order valence-corrected chi connectivity index (χ2v) is 9.73. The Morgan fingerprint density at radius 2 is 1.95 bits per heavy atom. The smallest absolute Gasteiger partial charge is 0.248 e. The molecule has 0 heterocycles. The van der Waals surface area contributed by atoms with E-state index in [1.165, 1.54) is 7.11 Å². The van der Waals surface area contributed by atoms with Gasteiger partial charge in [0, 0.05) is 32.2 Å². The molecule has 0 aliphatic heterocycles. The van der Waals surface area contributed by atoms with Crippen LogP contribution in [0.3, 0.4) is 0 Å². The van der Waals surface area contributed by atoms with Gasteiger partial charge >= 0.3 is 0 Å². The Kier molecular flexibility index (Phi) is 11.2. The molecule has 3 N–H and O–H groups in total. The van der Waals surface area contributed by atoms with E-state index >= 15 is 0 Å². The van der Waals surface area contributed by atoms with Gasteiger partial charge in [-0.1, -0.05) is 24.3 Å². The summed E-state index contributed by atoms with van der Waals surface area (Å²) < 4.78 is 17.4. The van der Waals surface area contributed by atoms with E-state index in [0.717, 1.165) is 9.13 Å². The first-order chi connectivity index (χ1) is 17.9. The van der Waals surface area contributed by atoms with Crippen LogP contribution >= 0.6 is 22.6 Å². The van der Waals surface area contributed by atoms with Crippen molar-refractivity contribution in [2.75, 3.05) is 40.5 Å². The first-order valence-corrected chi connectivity index (χ1v) is 13.1. The van der Waals surface area contributed by atoms with Crippen molar-refractivity contribution >= 4 is 34.4 Å². The molecule has 2 aromatic rings. The van der Waals surface area contributed by atoms with Crippen LogP contribution in [0.2, 0.25) is 0 Å². The number of rotatable bonds is 12. The number of benzene rings is 2. The fourth-order valence-corrected chi connectivity index (χ4v) is 4.74. The molecule has 0 spiro atoms. The van der Waals surface area contributed by atoms with Crippen LogP contribution in [0, 0.1) is 3.57 Å². The van der Waals surface area contributed by atoms with Crippen LogP contribution in [-0.2, 0) is 20.7 Å². The molecule has 3 unspecified atom stereocenters. The second kappa shape index (κ2) is 14.3. The lowest BCUT2D eigenvalue weighted by atomic mass is 9.88. The number of nitrogens with zero attached hydrogens (tertiary/aromatic N) is 1. The zero-order chi connectivity index (χ0) is 26.8. The van der Waals surface area contributed by atoms with Gasteiger partial charge < -0.3 is 34.6 Å². The number of carbonyl (C=O) groups is 2. The quantitative estimate of drug-likeness (QED) is 0.309. The SMILES string of the molecule is COCC(=O)N(CCc1cccc(OC)c1)C1CC(C(=O)NCCO)=CC(Oc2ccccc2I)C1O. The lowest BCUT2D eigenvalue weighted by Gasteiger charge is -2.40. The number of amides is 2. The molecule has 0 saturated heterocycles. The zero-order valence-electron chi connectivity index (χ0n) is 20.9. The average Bonchev–Trinajstić information content (AvgIpc) is 2.90. The first-order valence-electron chi connectivity index (χ1n) is 12.0. The Balaban J connectivity index is 1.91. The van der Waals surface area contributed by atoms with Gasteiger partial charge in [-0.05, 0) is 64.9 Å². The maximum atomic E-state index is 13.2. The normalized spacial score (nSPS) is 19.1. The fourth-order valence-electron chi connectivity index (χ4n) is 4.23. The summed E-state index contributed by atoms with van der Waals surface area (Å²) in [5, 5.41) is 23.2. The average molecular weight is 624 g/mol. The summed E-state index contributed by atoms with van der Waals surface area (Å²) in [6, 6.07) is 14.2. The molecule has 0 aromatic heterocycles. The molecule has 0 fully saturated rings. The summed E-state index contributed by atoms with van der Waals surface area (Å²) in [6.45, 7) is 0.0112. The van der Waals surface area contributed by atoms with E-state index in [1.54, 1.807) is 24.2 Å². The minimum atomic E-state index is -1.10. The summed E-state index contributed by atoms with van der Waals surface area (Å²) in [4.78, 5) is 27.6. The maximum Gasteiger partial charge on any atom is 0.248 e. The Labute approximate surface area is 230 Å². The van der Waals surface area contributed by atoms with Crippen molar-refractivity contribution < 1.29 is 34.0 Å². The number of aliphatic hydroxyl groups is 2. The Morgan fingerprint density at radius 3 is 2.65 bits per heavy atom. The summed E-state index contributed by atoms with van der Waals surface area (Å²) >= 11 is 2.14. The molecule has 200 valence electrons. The standard InChI is InChI=1S/C27H33IN2O7/c1-35-17-25(32)30(12-10-18-6-5-7-20(14-18)36-2)22-15-19(27(34)29-11-13-31)16-24(26(22)33)37-23-9-4-3-8-21(23)28/h3-9,14,16,22,24,26,31,33H,10-13,15,17H2,1-2H3,(H,29,34). The van der Waals surface area contributed by atoms with Crippen LogP contribution in [0.15, 0.2) is 60.2 Å². The number of nitrogens with one attached hydrogen (secondary N) is 1. The van der Waals surface area contributed by atoms with Gasteiger partial charge in [-0.25, -0.2) is 0 Å². The van der Waals surface area contributed by atoms with Crippen molar-refractivity contribution in [2.45, 2.75) is 31.1 Å². The molecule has 1 aliphatic rings. The Morgan fingerprint density at radius 1 is 1.16 bits per heavy atom. The van der Waals surface area contributed by atoms with Gasteiger partial charge in [-0.2, -0.15) is 0 Å². The monoisotopic (exact) mass is 624 g/mol. The van der Waals surface area contributed by atoms with E-state index in [-0.39, 0.29) is 44.5 Å². The number of carbonyl (C=O) groups excluding carboxylic acids is 2. The number of methoxy groups -OCH3 is 2. The highest BCUT2D eigenvalue weighted by molar-refractivity contribution is 14.1. The minimum absolute atomic E-state index is 0.0909. The molecule has 2 aromatic carbocycles. The van der Waals surface area contributed by atoms with Crippen LogP contribution in [0.1, 0.15) is 12.0 Å². The van der Waals surface area contributed by atoms with E-state index in [1.807, 2.05) is 42.5 Å². The maximum absolute atomic E-state index is 13.2. The molecule has 3 rings (SSSR count). The van der Waals surface area contributed by atoms with E-state index in [0.29, 0.717) is 23.5 Å². The van der Waals surface area contributed by atoms with Gasteiger partial charge in [-0.15, -0.1) is 0 Å². The van der Waals surface area contributed by atoms with E-state index in [4.69, 9.17) is 19.3 Å². The topological polar surface area (TPSA) is 118 Å². The van der Waals surface area contributed by atoms with Gasteiger partial charge in [-0.3, -0.25) is 9.59 Å². The number of hydrogen-bond acceptors (Lipinski definition) is 7. The van der Waals surface area contributed by atoms with Crippen LogP contribution in [0.5, 0.6) is 11.5 Å². The third-order valence-electron chi connectivity index (χ3n) is 6.08. The molecular formula is C27H33IN2O7. The molecule has 37 heavy (non-hydrogen) atoms. The van der Waals surface area contributed by atoms with Crippen molar-refractivity contribution in [2.24, 2.45) is 0 Å². The summed E-state index contributed by atoms with van der Waals surface area (Å²) in [6.07, 6.45) is 0.249. The number of hydrogen-bond donors (Lipinski definition) is 3. The summed E-state index contributed by atoms with van der Waals surface area (Å²) in [5.41, 5.74) is 1.33. The molecule has 0 radical (unpaired) electrons. The van der Waals surface area contributed by atoms with E-state index in [2.05, 4.69) is 27.9 Å². The number of para-hydroxylation sites is 1. The second-order valence-electron chi connectivity index (χ2n) is 8.57. The summed E-state index contributed by atoms with van der Waals surface area (Å²) in [7, 11) is 3.03. The number of ether oxygens (including phenoxy) is 3. The fraction of sp³-hybridized carbons (Fsp3) is 0.407. The van der Waals surface area contributed by atoms with Crippen molar-refractivity contribution in [3.63, 3.8) is 0 Å². The lowest BCUT2D eigenvalue weighted by molar-refractivity contribution is -0.142. The van der Waals surface area contributed by atoms with Crippen molar-refractivity contribution in [1.82, 2.24) is 10.2 Å².